The van der Waals surface area contributed by atoms with E-state index in [9.17, 15) is 4.79 Å². The number of carbonyl (C=O) groups is 1. The van der Waals surface area contributed by atoms with Crippen LogP contribution >= 0.6 is 11.6 Å². The molecule has 2 heterocycles. The minimum absolute atomic E-state index is 0.0311. The Bertz CT molecular complexity index is 568. The largest absolute Gasteiger partial charge is 0.489 e. The molecular weight excluding hydrogens is 306 g/mol. The van der Waals surface area contributed by atoms with Crippen molar-refractivity contribution in [2.24, 2.45) is 0 Å². The molecule has 5 nitrogen and oxygen atoms in total. The fraction of sp³-hybridized carbons (Fsp3) is 0.562. The molecular formula is C16H20ClNO4. The Kier molecular flexibility index (Phi) is 4.45. The smallest absolute Gasteiger partial charge is 0.254 e. The first-order valence-corrected chi connectivity index (χ1v) is 7.96. The van der Waals surface area contributed by atoms with Crippen molar-refractivity contribution in [3.63, 3.8) is 0 Å². The molecule has 6 heteroatoms. The van der Waals surface area contributed by atoms with Crippen LogP contribution in [0.2, 0.25) is 5.02 Å². The molecule has 1 fully saturated rings. The Morgan fingerprint density at radius 2 is 1.86 bits per heavy atom. The van der Waals surface area contributed by atoms with Crippen molar-refractivity contribution in [2.75, 3.05) is 26.3 Å². The molecule has 1 aromatic rings. The summed E-state index contributed by atoms with van der Waals surface area (Å²) in [5, 5.41) is 0.414. The van der Waals surface area contributed by atoms with E-state index < -0.39 is 0 Å². The summed E-state index contributed by atoms with van der Waals surface area (Å²) in [5.74, 6) is 1.02. The van der Waals surface area contributed by atoms with Crippen molar-refractivity contribution in [3.05, 3.63) is 22.7 Å². The van der Waals surface area contributed by atoms with Crippen molar-refractivity contribution in [2.45, 2.75) is 32.5 Å². The van der Waals surface area contributed by atoms with Gasteiger partial charge in [0.25, 0.3) is 5.91 Å². The summed E-state index contributed by atoms with van der Waals surface area (Å²) in [6, 6.07) is 3.38. The molecule has 0 aliphatic carbocycles. The number of rotatable bonds is 1. The zero-order chi connectivity index (χ0) is 15.7. The predicted octanol–water partition coefficient (Wildman–Crippen LogP) is 2.75. The highest BCUT2D eigenvalue weighted by Crippen LogP contribution is 2.38. The Hall–Kier alpha value is -1.46. The molecule has 120 valence electrons. The number of halogens is 1. The van der Waals surface area contributed by atoms with E-state index in [4.69, 9.17) is 25.8 Å². The van der Waals surface area contributed by atoms with Crippen molar-refractivity contribution in [3.8, 4) is 11.5 Å². The van der Waals surface area contributed by atoms with Crippen LogP contribution in [0.25, 0.3) is 0 Å². The maximum Gasteiger partial charge on any atom is 0.254 e. The van der Waals surface area contributed by atoms with Gasteiger partial charge < -0.3 is 19.1 Å². The van der Waals surface area contributed by atoms with Gasteiger partial charge in [0.15, 0.2) is 11.5 Å². The Morgan fingerprint density at radius 1 is 1.18 bits per heavy atom. The van der Waals surface area contributed by atoms with E-state index in [0.717, 1.165) is 6.42 Å². The summed E-state index contributed by atoms with van der Waals surface area (Å²) in [4.78, 5) is 14.5. The third-order valence-corrected chi connectivity index (χ3v) is 4.04. The molecule has 2 aliphatic rings. The van der Waals surface area contributed by atoms with Crippen molar-refractivity contribution in [1.29, 1.82) is 0 Å². The lowest BCUT2D eigenvalue weighted by Crippen LogP contribution is -2.48. The van der Waals surface area contributed by atoms with Crippen LogP contribution in [-0.2, 0) is 4.74 Å². The summed E-state index contributed by atoms with van der Waals surface area (Å²) in [6.45, 7) is 6.23. The highest BCUT2D eigenvalue weighted by Gasteiger charge is 2.28. The fourth-order valence-corrected chi connectivity index (χ4v) is 3.15. The van der Waals surface area contributed by atoms with Crippen LogP contribution in [-0.4, -0.2) is 49.3 Å². The van der Waals surface area contributed by atoms with Gasteiger partial charge in [0, 0.05) is 25.1 Å². The second-order valence-electron chi connectivity index (χ2n) is 5.80. The molecule has 0 radical (unpaired) electrons. The molecule has 22 heavy (non-hydrogen) atoms. The molecule has 2 aliphatic heterocycles. The normalized spacial score (nSPS) is 24.8. The lowest BCUT2D eigenvalue weighted by atomic mass is 10.1. The first-order valence-electron chi connectivity index (χ1n) is 7.58. The van der Waals surface area contributed by atoms with Gasteiger partial charge in [-0.25, -0.2) is 0 Å². The molecule has 0 unspecified atom stereocenters. The number of hydrogen-bond acceptors (Lipinski definition) is 4. The summed E-state index contributed by atoms with van der Waals surface area (Å²) >= 11 is 6.26. The quantitative estimate of drug-likeness (QED) is 0.796. The van der Waals surface area contributed by atoms with Crippen LogP contribution in [0, 0.1) is 0 Å². The van der Waals surface area contributed by atoms with Crippen LogP contribution in [0.1, 0.15) is 30.6 Å². The van der Waals surface area contributed by atoms with Gasteiger partial charge in [-0.3, -0.25) is 4.79 Å². The highest BCUT2D eigenvalue weighted by molar-refractivity contribution is 6.32. The van der Waals surface area contributed by atoms with Gasteiger partial charge in [-0.1, -0.05) is 11.6 Å². The molecule has 0 spiro atoms. The van der Waals surface area contributed by atoms with Gasteiger partial charge >= 0.3 is 0 Å². The maximum atomic E-state index is 12.7. The van der Waals surface area contributed by atoms with Crippen LogP contribution in [0.4, 0.5) is 0 Å². The summed E-state index contributed by atoms with van der Waals surface area (Å²) in [6.07, 6.45) is 0.861. The van der Waals surface area contributed by atoms with E-state index in [1.165, 1.54) is 0 Å². The van der Waals surface area contributed by atoms with Crippen molar-refractivity contribution in [1.82, 2.24) is 4.90 Å². The Morgan fingerprint density at radius 3 is 2.59 bits per heavy atom. The van der Waals surface area contributed by atoms with Crippen LogP contribution in [0.5, 0.6) is 11.5 Å². The molecule has 3 rings (SSSR count). The van der Waals surface area contributed by atoms with Gasteiger partial charge in [0.2, 0.25) is 0 Å². The minimum Gasteiger partial charge on any atom is -0.489 e. The number of amides is 1. The predicted molar refractivity (Wildman–Crippen MR) is 83.0 cm³/mol. The number of benzene rings is 1. The standard InChI is InChI=1S/C16H20ClNO4/c1-10-8-18(9-11(2)22-10)16(19)12-6-13(17)15-14(7-12)20-4-3-5-21-15/h6-7,10-11H,3-5,8-9H2,1-2H3/t10-,11-/m1/s1. The Labute approximate surface area is 135 Å². The number of nitrogens with zero attached hydrogens (tertiary/aromatic N) is 1. The third-order valence-electron chi connectivity index (χ3n) is 3.76. The second kappa shape index (κ2) is 6.34. The Balaban J connectivity index is 1.86. The lowest BCUT2D eigenvalue weighted by Gasteiger charge is -2.35. The molecule has 1 saturated heterocycles. The molecule has 1 aromatic carbocycles. The second-order valence-corrected chi connectivity index (χ2v) is 6.21. The number of hydrogen-bond donors (Lipinski definition) is 0. The first-order chi connectivity index (χ1) is 10.5. The molecule has 0 bridgehead atoms. The van der Waals surface area contributed by atoms with E-state index in [-0.39, 0.29) is 18.1 Å². The average Bonchev–Trinajstić information content (AvgIpc) is 2.71. The molecule has 0 saturated carbocycles. The summed E-state index contributed by atoms with van der Waals surface area (Å²) in [7, 11) is 0. The number of fused-ring (bicyclic) bond motifs is 1. The average molecular weight is 326 g/mol. The van der Waals surface area contributed by atoms with Crippen LogP contribution in [0.15, 0.2) is 12.1 Å². The third kappa shape index (κ3) is 3.15. The van der Waals surface area contributed by atoms with Gasteiger partial charge in [-0.05, 0) is 26.0 Å². The first kappa shape index (κ1) is 15.4. The summed E-state index contributed by atoms with van der Waals surface area (Å²) < 4.78 is 16.9. The summed E-state index contributed by atoms with van der Waals surface area (Å²) in [5.41, 5.74) is 0.524. The number of carbonyl (C=O) groups excluding carboxylic acids is 1. The van der Waals surface area contributed by atoms with E-state index in [0.29, 0.717) is 48.4 Å². The van der Waals surface area contributed by atoms with Crippen LogP contribution in [0.3, 0.4) is 0 Å². The number of morpholine rings is 1. The minimum atomic E-state index is -0.0560. The van der Waals surface area contributed by atoms with E-state index in [2.05, 4.69) is 0 Å². The van der Waals surface area contributed by atoms with E-state index in [1.807, 2.05) is 13.8 Å². The monoisotopic (exact) mass is 325 g/mol. The van der Waals surface area contributed by atoms with Crippen LogP contribution < -0.4 is 9.47 Å². The zero-order valence-electron chi connectivity index (χ0n) is 12.8. The topological polar surface area (TPSA) is 48.0 Å². The highest BCUT2D eigenvalue weighted by atomic mass is 35.5. The zero-order valence-corrected chi connectivity index (χ0v) is 13.6. The van der Waals surface area contributed by atoms with Gasteiger partial charge in [0.05, 0.1) is 30.4 Å². The SMILES string of the molecule is C[C@@H]1CN(C(=O)c2cc(Cl)c3c(c2)OCCCO3)C[C@@H](C)O1. The van der Waals surface area contributed by atoms with Crippen molar-refractivity contribution < 1.29 is 19.0 Å². The fourth-order valence-electron chi connectivity index (χ4n) is 2.88. The molecule has 0 aromatic heterocycles. The van der Waals surface area contributed by atoms with Gasteiger partial charge in [0.1, 0.15) is 0 Å². The van der Waals surface area contributed by atoms with Gasteiger partial charge in [-0.15, -0.1) is 0 Å². The van der Waals surface area contributed by atoms with E-state index >= 15 is 0 Å². The molecule has 2 atom stereocenters. The number of ether oxygens (including phenoxy) is 3. The molecule has 0 N–H and O–H groups in total. The van der Waals surface area contributed by atoms with E-state index in [1.54, 1.807) is 17.0 Å². The van der Waals surface area contributed by atoms with Gasteiger partial charge in [-0.2, -0.15) is 0 Å². The van der Waals surface area contributed by atoms with Crippen molar-refractivity contribution >= 4 is 17.5 Å². The molecule has 1 amide bonds. The lowest BCUT2D eigenvalue weighted by molar-refractivity contribution is -0.0586. The maximum absolute atomic E-state index is 12.7.